The summed E-state index contributed by atoms with van der Waals surface area (Å²) >= 11 is 0. The molecule has 128 valence electrons. The predicted octanol–water partition coefficient (Wildman–Crippen LogP) is 4.79. The first-order chi connectivity index (χ1) is 12.1. The van der Waals surface area contributed by atoms with E-state index in [1.165, 1.54) is 5.56 Å². The molecule has 0 spiro atoms. The lowest BCUT2D eigenvalue weighted by atomic mass is 10.0. The number of rotatable bonds is 5. The van der Waals surface area contributed by atoms with Gasteiger partial charge in [0.05, 0.1) is 6.26 Å². The summed E-state index contributed by atoms with van der Waals surface area (Å²) in [5.41, 5.74) is 3.80. The van der Waals surface area contributed by atoms with E-state index < -0.39 is 0 Å². The summed E-state index contributed by atoms with van der Waals surface area (Å²) in [5.74, 6) is 1.22. The van der Waals surface area contributed by atoms with Crippen LogP contribution in [0.25, 0.3) is 11.3 Å². The minimum Gasteiger partial charge on any atom is -0.464 e. The van der Waals surface area contributed by atoms with Crippen LogP contribution in [-0.4, -0.2) is 11.0 Å². The summed E-state index contributed by atoms with van der Waals surface area (Å²) in [6, 6.07) is 13.3. The van der Waals surface area contributed by atoms with Gasteiger partial charge in [-0.05, 0) is 47.4 Å². The molecule has 0 aliphatic heterocycles. The van der Waals surface area contributed by atoms with Crippen LogP contribution in [0.1, 0.15) is 30.9 Å². The number of furan rings is 1. The third-order valence-corrected chi connectivity index (χ3v) is 3.89. The number of nitrogens with zero attached hydrogens (tertiary/aromatic N) is 1. The molecular weight excluding hydrogens is 314 g/mol. The van der Waals surface area contributed by atoms with Crippen LogP contribution in [0.3, 0.4) is 0 Å². The number of anilines is 1. The minimum atomic E-state index is -0.249. The van der Waals surface area contributed by atoms with Gasteiger partial charge < -0.3 is 15.1 Å². The average molecular weight is 335 g/mol. The molecule has 1 aromatic carbocycles. The van der Waals surface area contributed by atoms with E-state index in [1.54, 1.807) is 18.7 Å². The molecule has 3 aromatic rings. The summed E-state index contributed by atoms with van der Waals surface area (Å²) < 4.78 is 5.37. The molecule has 5 heteroatoms. The van der Waals surface area contributed by atoms with E-state index in [9.17, 15) is 4.79 Å². The molecule has 0 unspecified atom stereocenters. The largest absolute Gasteiger partial charge is 0.464 e. The van der Waals surface area contributed by atoms with Crippen molar-refractivity contribution in [1.82, 2.24) is 10.3 Å². The maximum Gasteiger partial charge on any atom is 0.319 e. The predicted molar refractivity (Wildman–Crippen MR) is 98.3 cm³/mol. The van der Waals surface area contributed by atoms with Gasteiger partial charge in [0.2, 0.25) is 0 Å². The molecule has 0 fully saturated rings. The maximum atomic E-state index is 12.1. The third-order valence-electron chi connectivity index (χ3n) is 3.89. The van der Waals surface area contributed by atoms with Gasteiger partial charge in [-0.1, -0.05) is 26.0 Å². The number of aromatic nitrogens is 1. The van der Waals surface area contributed by atoms with Gasteiger partial charge in [0.1, 0.15) is 5.76 Å². The summed E-state index contributed by atoms with van der Waals surface area (Å²) in [7, 11) is 0. The number of amides is 2. The summed E-state index contributed by atoms with van der Waals surface area (Å²) in [6.45, 7) is 4.66. The summed E-state index contributed by atoms with van der Waals surface area (Å²) in [6.07, 6.45) is 5.08. The first-order valence-electron chi connectivity index (χ1n) is 8.24. The quantitative estimate of drug-likeness (QED) is 0.704. The van der Waals surface area contributed by atoms with Crippen LogP contribution in [0, 0.1) is 0 Å². The first-order valence-corrected chi connectivity index (χ1v) is 8.24. The topological polar surface area (TPSA) is 67.2 Å². The van der Waals surface area contributed by atoms with Crippen LogP contribution in [-0.2, 0) is 6.54 Å². The number of pyridine rings is 1. The zero-order chi connectivity index (χ0) is 17.6. The number of hydrogen-bond acceptors (Lipinski definition) is 3. The average Bonchev–Trinajstić information content (AvgIpc) is 3.15. The van der Waals surface area contributed by atoms with Crippen molar-refractivity contribution < 1.29 is 9.21 Å². The Morgan fingerprint density at radius 1 is 1.16 bits per heavy atom. The maximum absolute atomic E-state index is 12.1. The molecule has 0 aliphatic carbocycles. The lowest BCUT2D eigenvalue weighted by Gasteiger charge is -2.10. The van der Waals surface area contributed by atoms with E-state index in [1.807, 2.05) is 42.5 Å². The van der Waals surface area contributed by atoms with E-state index in [0.29, 0.717) is 12.5 Å². The van der Waals surface area contributed by atoms with Gasteiger partial charge in [-0.15, -0.1) is 0 Å². The van der Waals surface area contributed by atoms with Crippen molar-refractivity contribution in [2.24, 2.45) is 0 Å². The molecule has 3 rings (SSSR count). The smallest absolute Gasteiger partial charge is 0.319 e. The van der Waals surface area contributed by atoms with Gasteiger partial charge in [0.25, 0.3) is 0 Å². The number of nitrogens with one attached hydrogen (secondary N) is 2. The molecule has 0 aliphatic rings. The fourth-order valence-electron chi connectivity index (χ4n) is 2.47. The second kappa shape index (κ2) is 7.66. The number of urea groups is 1. The Morgan fingerprint density at radius 2 is 1.96 bits per heavy atom. The van der Waals surface area contributed by atoms with Crippen molar-refractivity contribution >= 4 is 11.7 Å². The highest BCUT2D eigenvalue weighted by Gasteiger charge is 2.06. The molecule has 5 nitrogen and oxygen atoms in total. The number of hydrogen-bond donors (Lipinski definition) is 2. The highest BCUT2D eigenvalue weighted by Crippen LogP contribution is 2.20. The number of benzene rings is 1. The molecule has 0 saturated carbocycles. The normalized spacial score (nSPS) is 10.7. The molecule has 2 amide bonds. The van der Waals surface area contributed by atoms with Gasteiger partial charge >= 0.3 is 6.03 Å². The second-order valence-electron chi connectivity index (χ2n) is 6.14. The molecule has 0 bridgehead atoms. The molecule has 0 atom stereocenters. The van der Waals surface area contributed by atoms with Crippen LogP contribution in [0.5, 0.6) is 0 Å². The SMILES string of the molecule is CC(C)c1ccc(NC(=O)NCc2cncc(-c3ccco3)c2)cc1. The van der Waals surface area contributed by atoms with Crippen LogP contribution in [0.15, 0.2) is 65.5 Å². The van der Waals surface area contributed by atoms with E-state index >= 15 is 0 Å². The number of carbonyl (C=O) groups is 1. The van der Waals surface area contributed by atoms with Gasteiger partial charge in [-0.3, -0.25) is 4.98 Å². The Labute approximate surface area is 147 Å². The molecule has 2 heterocycles. The van der Waals surface area contributed by atoms with Crippen LogP contribution < -0.4 is 10.6 Å². The Hall–Kier alpha value is -3.08. The van der Waals surface area contributed by atoms with Crippen molar-refractivity contribution in [2.75, 3.05) is 5.32 Å². The minimum absolute atomic E-state index is 0.249. The molecular formula is C20H21N3O2. The monoisotopic (exact) mass is 335 g/mol. The Balaban J connectivity index is 1.56. The van der Waals surface area contributed by atoms with E-state index in [4.69, 9.17) is 4.42 Å². The molecule has 2 aromatic heterocycles. The molecule has 0 radical (unpaired) electrons. The highest BCUT2D eigenvalue weighted by molar-refractivity contribution is 5.89. The standard InChI is InChI=1S/C20H21N3O2/c1-14(2)16-5-7-18(8-6-16)23-20(24)22-12-15-10-17(13-21-11-15)19-4-3-9-25-19/h3-11,13-14H,12H2,1-2H3,(H2,22,23,24). The Morgan fingerprint density at radius 3 is 2.64 bits per heavy atom. The van der Waals surface area contributed by atoms with Gasteiger partial charge in [0, 0.05) is 30.2 Å². The summed E-state index contributed by atoms with van der Waals surface area (Å²) in [5, 5.41) is 5.67. The first kappa shape index (κ1) is 16.8. The van der Waals surface area contributed by atoms with Crippen LogP contribution >= 0.6 is 0 Å². The van der Waals surface area contributed by atoms with Gasteiger partial charge in [0.15, 0.2) is 0 Å². The zero-order valence-corrected chi connectivity index (χ0v) is 14.3. The van der Waals surface area contributed by atoms with Gasteiger partial charge in [-0.2, -0.15) is 0 Å². The van der Waals surface area contributed by atoms with Crippen molar-refractivity contribution in [3.63, 3.8) is 0 Å². The Bertz CT molecular complexity index is 824. The highest BCUT2D eigenvalue weighted by atomic mass is 16.3. The van der Waals surface area contributed by atoms with Crippen molar-refractivity contribution in [3.05, 3.63) is 72.2 Å². The molecule has 25 heavy (non-hydrogen) atoms. The van der Waals surface area contributed by atoms with Crippen molar-refractivity contribution in [1.29, 1.82) is 0 Å². The fraction of sp³-hybridized carbons (Fsp3) is 0.200. The molecule has 0 saturated heterocycles. The second-order valence-corrected chi connectivity index (χ2v) is 6.14. The van der Waals surface area contributed by atoms with E-state index in [0.717, 1.165) is 22.6 Å². The Kier molecular flexibility index (Phi) is 5.14. The zero-order valence-electron chi connectivity index (χ0n) is 14.3. The number of carbonyl (C=O) groups excluding carboxylic acids is 1. The lowest BCUT2D eigenvalue weighted by molar-refractivity contribution is 0.251. The lowest BCUT2D eigenvalue weighted by Crippen LogP contribution is -2.28. The van der Waals surface area contributed by atoms with Crippen LogP contribution in [0.2, 0.25) is 0 Å². The van der Waals surface area contributed by atoms with E-state index in [2.05, 4.69) is 29.5 Å². The molecule has 2 N–H and O–H groups in total. The van der Waals surface area contributed by atoms with E-state index in [-0.39, 0.29) is 6.03 Å². The fourth-order valence-corrected chi connectivity index (χ4v) is 2.47. The van der Waals surface area contributed by atoms with Gasteiger partial charge in [-0.25, -0.2) is 4.79 Å². The summed E-state index contributed by atoms with van der Waals surface area (Å²) in [4.78, 5) is 16.3. The third kappa shape index (κ3) is 4.47. The van der Waals surface area contributed by atoms with Crippen LogP contribution in [0.4, 0.5) is 10.5 Å². The van der Waals surface area contributed by atoms with Crippen molar-refractivity contribution in [3.8, 4) is 11.3 Å². The van der Waals surface area contributed by atoms with Crippen molar-refractivity contribution in [2.45, 2.75) is 26.3 Å².